The Morgan fingerprint density at radius 1 is 1.10 bits per heavy atom. The Labute approximate surface area is 172 Å². The highest BCUT2D eigenvalue weighted by Crippen LogP contribution is 2.27. The van der Waals surface area contributed by atoms with Crippen LogP contribution in [0.15, 0.2) is 53.4 Å². The molecule has 2 aromatic carbocycles. The number of rotatable bonds is 7. The largest absolute Gasteiger partial charge is 0.484 e. The van der Waals surface area contributed by atoms with E-state index in [1.807, 2.05) is 25.1 Å². The molecule has 0 unspecified atom stereocenters. The average molecular weight is 417 g/mol. The second kappa shape index (κ2) is 9.41. The minimum absolute atomic E-state index is 0.0619. The predicted octanol–water partition coefficient (Wildman–Crippen LogP) is 3.97. The Bertz CT molecular complexity index is 936. The van der Waals surface area contributed by atoms with Crippen LogP contribution in [-0.4, -0.2) is 38.3 Å². The van der Waals surface area contributed by atoms with Crippen molar-refractivity contribution in [2.24, 2.45) is 0 Å². The van der Waals surface area contributed by atoms with E-state index in [-0.39, 0.29) is 23.5 Å². The highest BCUT2D eigenvalue weighted by Gasteiger charge is 2.28. The van der Waals surface area contributed by atoms with Gasteiger partial charge in [0.25, 0.3) is 5.91 Å². The SMILES string of the molecule is Cc1cccc(OCC(=O)Nc2ccc(S(=O)(=O)N(C)C3CCCCC3)cc2)c1. The van der Waals surface area contributed by atoms with Gasteiger partial charge in [0.1, 0.15) is 5.75 Å². The summed E-state index contributed by atoms with van der Waals surface area (Å²) in [5, 5.41) is 2.73. The summed E-state index contributed by atoms with van der Waals surface area (Å²) in [5.74, 6) is 0.328. The summed E-state index contributed by atoms with van der Waals surface area (Å²) < 4.78 is 32.7. The van der Waals surface area contributed by atoms with Gasteiger partial charge in [-0.25, -0.2) is 8.42 Å². The van der Waals surface area contributed by atoms with Crippen LogP contribution in [0.25, 0.3) is 0 Å². The molecule has 1 aliphatic rings. The number of aryl methyl sites for hydroxylation is 1. The van der Waals surface area contributed by atoms with Crippen LogP contribution in [0.5, 0.6) is 5.75 Å². The Morgan fingerprint density at radius 2 is 1.79 bits per heavy atom. The molecule has 1 N–H and O–H groups in total. The zero-order valence-electron chi connectivity index (χ0n) is 16.9. The van der Waals surface area contributed by atoms with Crippen molar-refractivity contribution in [2.45, 2.75) is 50.0 Å². The lowest BCUT2D eigenvalue weighted by molar-refractivity contribution is -0.118. The number of amides is 1. The van der Waals surface area contributed by atoms with Gasteiger partial charge in [-0.3, -0.25) is 4.79 Å². The van der Waals surface area contributed by atoms with Crippen LogP contribution in [0.4, 0.5) is 5.69 Å². The molecule has 0 atom stereocenters. The molecule has 1 aliphatic carbocycles. The number of nitrogens with zero attached hydrogens (tertiary/aromatic N) is 1. The van der Waals surface area contributed by atoms with E-state index in [1.54, 1.807) is 25.2 Å². The molecular weight excluding hydrogens is 388 g/mol. The van der Waals surface area contributed by atoms with Crippen LogP contribution in [0.2, 0.25) is 0 Å². The molecule has 2 aromatic rings. The van der Waals surface area contributed by atoms with Gasteiger partial charge in [-0.05, 0) is 61.7 Å². The van der Waals surface area contributed by atoms with Gasteiger partial charge in [0.05, 0.1) is 4.90 Å². The van der Waals surface area contributed by atoms with E-state index in [0.717, 1.165) is 31.2 Å². The summed E-state index contributed by atoms with van der Waals surface area (Å²) in [6.45, 7) is 1.84. The molecule has 156 valence electrons. The first-order valence-corrected chi connectivity index (χ1v) is 11.4. The molecule has 0 spiro atoms. The smallest absolute Gasteiger partial charge is 0.262 e. The second-order valence-corrected chi connectivity index (χ2v) is 9.49. The lowest BCUT2D eigenvalue weighted by Crippen LogP contribution is -2.38. The molecule has 6 nitrogen and oxygen atoms in total. The first-order chi connectivity index (χ1) is 13.9. The molecule has 0 bridgehead atoms. The van der Waals surface area contributed by atoms with Crippen molar-refractivity contribution >= 4 is 21.6 Å². The number of ether oxygens (including phenoxy) is 1. The number of carbonyl (C=O) groups is 1. The molecule has 0 aromatic heterocycles. The molecule has 1 saturated carbocycles. The van der Waals surface area contributed by atoms with Gasteiger partial charge in [-0.15, -0.1) is 0 Å². The molecule has 1 fully saturated rings. The third-order valence-electron chi connectivity index (χ3n) is 5.26. The van der Waals surface area contributed by atoms with Crippen LogP contribution < -0.4 is 10.1 Å². The van der Waals surface area contributed by atoms with E-state index >= 15 is 0 Å². The maximum absolute atomic E-state index is 12.9. The van der Waals surface area contributed by atoms with E-state index in [4.69, 9.17) is 4.74 Å². The Kier molecular flexibility index (Phi) is 6.92. The Hall–Kier alpha value is -2.38. The van der Waals surface area contributed by atoms with Gasteiger partial charge in [-0.1, -0.05) is 31.4 Å². The molecule has 0 heterocycles. The molecule has 0 aliphatic heterocycles. The minimum atomic E-state index is -3.54. The van der Waals surface area contributed by atoms with Crippen molar-refractivity contribution in [3.63, 3.8) is 0 Å². The molecule has 7 heteroatoms. The van der Waals surface area contributed by atoms with Crippen molar-refractivity contribution in [1.82, 2.24) is 4.31 Å². The van der Waals surface area contributed by atoms with Crippen molar-refractivity contribution in [2.75, 3.05) is 19.0 Å². The zero-order chi connectivity index (χ0) is 20.9. The van der Waals surface area contributed by atoms with Crippen molar-refractivity contribution in [3.8, 4) is 5.75 Å². The summed E-state index contributed by atoms with van der Waals surface area (Å²) in [4.78, 5) is 12.3. The molecule has 0 saturated heterocycles. The molecule has 1 amide bonds. The Morgan fingerprint density at radius 3 is 2.45 bits per heavy atom. The number of benzene rings is 2. The average Bonchev–Trinajstić information content (AvgIpc) is 2.73. The lowest BCUT2D eigenvalue weighted by Gasteiger charge is -2.30. The van der Waals surface area contributed by atoms with E-state index < -0.39 is 10.0 Å². The molecule has 29 heavy (non-hydrogen) atoms. The second-order valence-electron chi connectivity index (χ2n) is 7.49. The lowest BCUT2D eigenvalue weighted by atomic mass is 9.96. The summed E-state index contributed by atoms with van der Waals surface area (Å²) in [6, 6.07) is 13.8. The minimum Gasteiger partial charge on any atom is -0.484 e. The summed E-state index contributed by atoms with van der Waals surface area (Å²) >= 11 is 0. The first kappa shape index (κ1) is 21.3. The van der Waals surface area contributed by atoms with E-state index in [1.165, 1.54) is 22.9 Å². The normalized spacial score (nSPS) is 15.3. The van der Waals surface area contributed by atoms with E-state index in [2.05, 4.69) is 5.32 Å². The van der Waals surface area contributed by atoms with Crippen molar-refractivity contribution < 1.29 is 17.9 Å². The topological polar surface area (TPSA) is 75.7 Å². The van der Waals surface area contributed by atoms with Crippen LogP contribution in [0.3, 0.4) is 0 Å². The van der Waals surface area contributed by atoms with Gasteiger partial charge in [0, 0.05) is 18.8 Å². The third-order valence-corrected chi connectivity index (χ3v) is 7.19. The quantitative estimate of drug-likeness (QED) is 0.741. The first-order valence-electron chi connectivity index (χ1n) is 9.94. The van der Waals surface area contributed by atoms with Crippen LogP contribution >= 0.6 is 0 Å². The fourth-order valence-electron chi connectivity index (χ4n) is 3.57. The number of hydrogen-bond donors (Lipinski definition) is 1. The highest BCUT2D eigenvalue weighted by atomic mass is 32.2. The maximum atomic E-state index is 12.9. The third kappa shape index (κ3) is 5.58. The van der Waals surface area contributed by atoms with Gasteiger partial charge < -0.3 is 10.1 Å². The fraction of sp³-hybridized carbons (Fsp3) is 0.409. The van der Waals surface area contributed by atoms with Gasteiger partial charge in [-0.2, -0.15) is 4.31 Å². The van der Waals surface area contributed by atoms with Gasteiger partial charge in [0.15, 0.2) is 6.61 Å². The number of nitrogens with one attached hydrogen (secondary N) is 1. The van der Waals surface area contributed by atoms with Gasteiger partial charge >= 0.3 is 0 Å². The zero-order valence-corrected chi connectivity index (χ0v) is 17.7. The highest BCUT2D eigenvalue weighted by molar-refractivity contribution is 7.89. The molecule has 0 radical (unpaired) electrons. The van der Waals surface area contributed by atoms with Crippen molar-refractivity contribution in [3.05, 3.63) is 54.1 Å². The number of hydrogen-bond acceptors (Lipinski definition) is 4. The van der Waals surface area contributed by atoms with Crippen LogP contribution in [-0.2, 0) is 14.8 Å². The maximum Gasteiger partial charge on any atom is 0.262 e. The summed E-state index contributed by atoms with van der Waals surface area (Å²) in [5.41, 5.74) is 1.58. The number of anilines is 1. The van der Waals surface area contributed by atoms with E-state index in [9.17, 15) is 13.2 Å². The Balaban J connectivity index is 1.58. The van der Waals surface area contributed by atoms with Crippen LogP contribution in [0.1, 0.15) is 37.7 Å². The van der Waals surface area contributed by atoms with Gasteiger partial charge in [0.2, 0.25) is 10.0 Å². The van der Waals surface area contributed by atoms with E-state index in [0.29, 0.717) is 11.4 Å². The summed E-state index contributed by atoms with van der Waals surface area (Å²) in [7, 11) is -1.88. The standard InChI is InChI=1S/C22H28N2O4S/c1-17-7-6-10-20(15-17)28-16-22(25)23-18-11-13-21(14-12-18)29(26,27)24(2)19-8-4-3-5-9-19/h6-7,10-15,19H,3-5,8-9,16H2,1-2H3,(H,23,25). The van der Waals surface area contributed by atoms with Crippen LogP contribution in [0, 0.1) is 6.92 Å². The fourth-order valence-corrected chi connectivity index (χ4v) is 4.98. The van der Waals surface area contributed by atoms with Crippen molar-refractivity contribution in [1.29, 1.82) is 0 Å². The predicted molar refractivity (Wildman–Crippen MR) is 114 cm³/mol. The number of carbonyl (C=O) groups excluding carboxylic acids is 1. The number of sulfonamides is 1. The summed E-state index contributed by atoms with van der Waals surface area (Å²) in [6.07, 6.45) is 5.13. The monoisotopic (exact) mass is 416 g/mol. The molecular formula is C22H28N2O4S. The molecule has 3 rings (SSSR count).